The first-order valence-corrected chi connectivity index (χ1v) is 24.8. The molecule has 318 valence electrons. The van der Waals surface area contributed by atoms with Crippen LogP contribution in [0.25, 0.3) is 54.9 Å². The van der Waals surface area contributed by atoms with E-state index in [0.29, 0.717) is 5.56 Å². The Morgan fingerprint density at radius 2 is 0.776 bits per heavy atom. The molecule has 0 saturated carbocycles. The van der Waals surface area contributed by atoms with Gasteiger partial charge in [-0.1, -0.05) is 226 Å². The van der Waals surface area contributed by atoms with Gasteiger partial charge in [0.05, 0.1) is 11.6 Å². The molecule has 0 fully saturated rings. The molecule has 0 atom stereocenters. The fourth-order valence-corrected chi connectivity index (χ4v) is 13.4. The van der Waals surface area contributed by atoms with E-state index in [1.165, 1.54) is 90.9 Å². The molecule has 0 aromatic heterocycles. The fraction of sp³-hybridized carbons (Fsp3) is 0.0952. The first-order chi connectivity index (χ1) is 32.7. The molecule has 0 amide bonds. The summed E-state index contributed by atoms with van der Waals surface area (Å²) in [5, 5.41) is 15.5. The zero-order valence-electron chi connectivity index (χ0n) is 38.0. The van der Waals surface area contributed by atoms with Crippen LogP contribution in [-0.4, -0.2) is 6.71 Å². The fourth-order valence-electron chi connectivity index (χ4n) is 10.8. The molecule has 1 nitrogen and oxygen atoms in total. The number of nitriles is 1. The number of nitrogens with zero attached hydrogens (tertiary/aromatic N) is 1. The third-order valence-corrected chi connectivity index (χ3v) is 16.9. The largest absolute Gasteiger partial charge is 0.247 e. The van der Waals surface area contributed by atoms with E-state index in [1.807, 2.05) is 23.5 Å². The quantitative estimate of drug-likeness (QED) is 0.118. The van der Waals surface area contributed by atoms with Crippen LogP contribution in [0.2, 0.25) is 0 Å². The van der Waals surface area contributed by atoms with Crippen LogP contribution in [0.15, 0.2) is 226 Å². The van der Waals surface area contributed by atoms with Crippen molar-refractivity contribution in [2.24, 2.45) is 0 Å². The molecule has 0 bridgehead atoms. The molecule has 0 spiro atoms. The lowest BCUT2D eigenvalue weighted by molar-refractivity contribution is 0.639. The zero-order chi connectivity index (χ0) is 45.4. The highest BCUT2D eigenvalue weighted by molar-refractivity contribution is 8.01. The van der Waals surface area contributed by atoms with Crippen LogP contribution in [0.1, 0.15) is 55.5 Å². The Kier molecular flexibility index (Phi) is 9.95. The second-order valence-electron chi connectivity index (χ2n) is 19.1. The third kappa shape index (κ3) is 6.87. The predicted octanol–water partition coefficient (Wildman–Crippen LogP) is 15.0. The van der Waals surface area contributed by atoms with Crippen molar-refractivity contribution in [3.63, 3.8) is 0 Å². The molecule has 10 aromatic rings. The Labute approximate surface area is 402 Å². The molecule has 0 unspecified atom stereocenters. The molecule has 4 heteroatoms. The van der Waals surface area contributed by atoms with Crippen molar-refractivity contribution >= 4 is 68.2 Å². The van der Waals surface area contributed by atoms with E-state index < -0.39 is 0 Å². The van der Waals surface area contributed by atoms with Crippen LogP contribution in [0.4, 0.5) is 0 Å². The summed E-state index contributed by atoms with van der Waals surface area (Å²) in [5.41, 5.74) is 16.4. The van der Waals surface area contributed by atoms with Crippen molar-refractivity contribution in [1.29, 1.82) is 5.26 Å². The second kappa shape index (κ2) is 16.1. The van der Waals surface area contributed by atoms with E-state index in [9.17, 15) is 5.26 Å². The summed E-state index contributed by atoms with van der Waals surface area (Å²) >= 11 is 3.80. The SMILES string of the molecule is CC(C)(c1ccccc1)c1ccc2c(c1)Sc1cc(-c3cc(C#N)cc(-c4c5ccccc5c(-c5ccccc5)c5ccccc45)c3)cc3c1B2c1ccc(C(C)(C)c2ccccc2)cc1S3. The highest BCUT2D eigenvalue weighted by Crippen LogP contribution is 2.47. The summed E-state index contributed by atoms with van der Waals surface area (Å²) in [6.45, 7) is 9.45. The second-order valence-corrected chi connectivity index (χ2v) is 21.3. The molecular formula is C63H46BNS2. The molecule has 2 heterocycles. The van der Waals surface area contributed by atoms with E-state index in [0.717, 1.165) is 22.3 Å². The van der Waals surface area contributed by atoms with E-state index in [-0.39, 0.29) is 17.5 Å². The van der Waals surface area contributed by atoms with Crippen molar-refractivity contribution in [1.82, 2.24) is 0 Å². The van der Waals surface area contributed by atoms with Crippen LogP contribution in [0.3, 0.4) is 0 Å². The van der Waals surface area contributed by atoms with E-state index in [2.05, 4.69) is 240 Å². The Morgan fingerprint density at radius 3 is 1.24 bits per heavy atom. The number of rotatable bonds is 7. The number of hydrogen-bond acceptors (Lipinski definition) is 3. The van der Waals surface area contributed by atoms with Gasteiger partial charge in [0, 0.05) is 30.4 Å². The van der Waals surface area contributed by atoms with Gasteiger partial charge in [0.1, 0.15) is 0 Å². The maximum Gasteiger partial charge on any atom is 0.247 e. The van der Waals surface area contributed by atoms with Gasteiger partial charge < -0.3 is 0 Å². The molecule has 2 aliphatic rings. The first kappa shape index (κ1) is 41.4. The average Bonchev–Trinajstić information content (AvgIpc) is 3.37. The maximum absolute atomic E-state index is 10.7. The highest BCUT2D eigenvalue weighted by Gasteiger charge is 2.40. The van der Waals surface area contributed by atoms with Crippen LogP contribution in [0, 0.1) is 11.3 Å². The normalized spacial score (nSPS) is 12.9. The zero-order valence-corrected chi connectivity index (χ0v) is 39.6. The maximum atomic E-state index is 10.7. The monoisotopic (exact) mass is 891 g/mol. The number of fused-ring (bicyclic) bond motifs is 6. The van der Waals surface area contributed by atoms with Crippen LogP contribution < -0.4 is 16.4 Å². The van der Waals surface area contributed by atoms with Gasteiger partial charge in [-0.2, -0.15) is 5.26 Å². The standard InChI is InChI=1S/C63H46BNS2/c1-62(2,45-20-10-6-11-21-45)47-28-30-53-55(37-47)66-57-35-43(36-58-61(57)64(53)54-31-29-48(38-56(54)67-58)63(3,4)46-22-12-7-13-23-46)42-32-40(39-65)33-44(34-42)60-51-26-16-14-24-49(51)59(41-18-8-5-9-19-41)50-25-15-17-27-52(50)60/h5-38H,1-4H3. The van der Waals surface area contributed by atoms with Crippen molar-refractivity contribution in [2.45, 2.75) is 58.1 Å². The summed E-state index contributed by atoms with van der Waals surface area (Å²) in [6.07, 6.45) is 0. The van der Waals surface area contributed by atoms with Gasteiger partial charge in [-0.25, -0.2) is 0 Å². The average molecular weight is 892 g/mol. The highest BCUT2D eigenvalue weighted by atomic mass is 32.2. The Balaban J connectivity index is 1.05. The van der Waals surface area contributed by atoms with Gasteiger partial charge in [0.2, 0.25) is 6.71 Å². The van der Waals surface area contributed by atoms with E-state index >= 15 is 0 Å². The predicted molar refractivity (Wildman–Crippen MR) is 285 cm³/mol. The van der Waals surface area contributed by atoms with Crippen molar-refractivity contribution in [3.05, 3.63) is 234 Å². The summed E-state index contributed by atoms with van der Waals surface area (Å²) in [5.74, 6) is 0. The smallest absolute Gasteiger partial charge is 0.192 e. The molecule has 0 N–H and O–H groups in total. The lowest BCUT2D eigenvalue weighted by Crippen LogP contribution is -2.58. The molecule has 0 aliphatic carbocycles. The third-order valence-electron chi connectivity index (χ3n) is 14.6. The minimum absolute atomic E-state index is 0.0937. The van der Waals surface area contributed by atoms with Gasteiger partial charge in [-0.3, -0.25) is 0 Å². The van der Waals surface area contributed by atoms with Gasteiger partial charge >= 0.3 is 0 Å². The first-order valence-electron chi connectivity index (χ1n) is 23.2. The molecule has 2 aliphatic heterocycles. The van der Waals surface area contributed by atoms with Gasteiger partial charge in [0.15, 0.2) is 0 Å². The molecule has 10 aromatic carbocycles. The van der Waals surface area contributed by atoms with Crippen LogP contribution >= 0.6 is 23.5 Å². The van der Waals surface area contributed by atoms with Gasteiger partial charge in [-0.15, -0.1) is 0 Å². The van der Waals surface area contributed by atoms with Crippen LogP contribution in [-0.2, 0) is 10.8 Å². The molecular weight excluding hydrogens is 846 g/mol. The Bertz CT molecular complexity index is 3460. The molecule has 0 saturated heterocycles. The van der Waals surface area contributed by atoms with Crippen molar-refractivity contribution in [3.8, 4) is 39.4 Å². The minimum atomic E-state index is -0.176. The molecule has 67 heavy (non-hydrogen) atoms. The van der Waals surface area contributed by atoms with Gasteiger partial charge in [0.25, 0.3) is 0 Å². The van der Waals surface area contributed by atoms with Crippen molar-refractivity contribution < 1.29 is 0 Å². The lowest BCUT2D eigenvalue weighted by Gasteiger charge is -2.36. The Hall–Kier alpha value is -7.03. The van der Waals surface area contributed by atoms with Gasteiger partial charge in [-0.05, 0) is 125 Å². The topological polar surface area (TPSA) is 23.8 Å². The molecule has 0 radical (unpaired) electrons. The summed E-state index contributed by atoms with van der Waals surface area (Å²) < 4.78 is 0. The lowest BCUT2D eigenvalue weighted by atomic mass is 9.36. The summed E-state index contributed by atoms with van der Waals surface area (Å²) in [6, 6.07) is 78.4. The Morgan fingerprint density at radius 1 is 0.373 bits per heavy atom. The minimum Gasteiger partial charge on any atom is -0.192 e. The van der Waals surface area contributed by atoms with Crippen molar-refractivity contribution in [2.75, 3.05) is 0 Å². The number of hydrogen-bond donors (Lipinski definition) is 0. The summed E-state index contributed by atoms with van der Waals surface area (Å²) in [4.78, 5) is 5.16. The molecule has 12 rings (SSSR count). The van der Waals surface area contributed by atoms with E-state index in [4.69, 9.17) is 0 Å². The summed E-state index contributed by atoms with van der Waals surface area (Å²) in [7, 11) is 0. The van der Waals surface area contributed by atoms with Crippen LogP contribution in [0.5, 0.6) is 0 Å². The van der Waals surface area contributed by atoms with E-state index in [1.54, 1.807) is 0 Å². The number of benzene rings is 10.